The van der Waals surface area contributed by atoms with Gasteiger partial charge in [0.1, 0.15) is 0 Å². The van der Waals surface area contributed by atoms with Crippen LogP contribution in [0.3, 0.4) is 0 Å². The summed E-state index contributed by atoms with van der Waals surface area (Å²) in [6.45, 7) is 5.78. The van der Waals surface area contributed by atoms with Crippen LogP contribution in [0.5, 0.6) is 0 Å². The number of primary amides is 1. The number of likely N-dealkylation sites (N-methyl/N-ethyl adjacent to an activating group) is 1. The maximum atomic E-state index is 12.5. The average Bonchev–Trinajstić information content (AvgIpc) is 2.91. The van der Waals surface area contributed by atoms with Crippen molar-refractivity contribution in [3.63, 3.8) is 0 Å². The predicted octanol–water partition coefficient (Wildman–Crippen LogP) is 1.26. The number of hydrogen-bond acceptors (Lipinski definition) is 4. The predicted molar refractivity (Wildman–Crippen MR) is 86.3 cm³/mol. The molecule has 23 heavy (non-hydrogen) atoms. The summed E-state index contributed by atoms with van der Waals surface area (Å²) in [5.74, 6) is -0.907. The van der Waals surface area contributed by atoms with Crippen LogP contribution in [0.1, 0.15) is 41.5 Å². The Morgan fingerprint density at radius 2 is 1.87 bits per heavy atom. The van der Waals surface area contributed by atoms with Gasteiger partial charge in [0.2, 0.25) is 5.91 Å². The Labute approximate surface area is 135 Å². The van der Waals surface area contributed by atoms with Crippen molar-refractivity contribution in [2.24, 2.45) is 5.73 Å². The zero-order valence-electron chi connectivity index (χ0n) is 13.8. The van der Waals surface area contributed by atoms with Crippen molar-refractivity contribution in [2.75, 3.05) is 13.6 Å². The number of aryl methyl sites for hydroxylation is 1. The number of amides is 2. The molecule has 2 amide bonds. The molecule has 7 nitrogen and oxygen atoms in total. The van der Waals surface area contributed by atoms with Gasteiger partial charge < -0.3 is 10.6 Å². The maximum Gasteiger partial charge on any atom is 0.276 e. The molecule has 0 spiro atoms. The summed E-state index contributed by atoms with van der Waals surface area (Å²) in [4.78, 5) is 24.8. The standard InChI is InChI=1S/C16H21N5O2/c1-10(2)15-14(16(23)20(4)9-13(17)22)18-19-21(15)12-7-5-11(3)6-8-12/h5-8,10H,9H2,1-4H3,(H2,17,22). The summed E-state index contributed by atoms with van der Waals surface area (Å²) in [6, 6.07) is 7.80. The molecule has 0 aliphatic carbocycles. The van der Waals surface area contributed by atoms with Gasteiger partial charge in [-0.25, -0.2) is 4.68 Å². The van der Waals surface area contributed by atoms with Gasteiger partial charge in [-0.2, -0.15) is 0 Å². The van der Waals surface area contributed by atoms with Crippen LogP contribution in [-0.2, 0) is 4.79 Å². The number of aromatic nitrogens is 3. The molecule has 1 heterocycles. The SMILES string of the molecule is Cc1ccc(-n2nnc(C(=O)N(C)CC(N)=O)c2C(C)C)cc1. The average molecular weight is 315 g/mol. The van der Waals surface area contributed by atoms with Crippen LogP contribution in [0, 0.1) is 6.92 Å². The maximum absolute atomic E-state index is 12.5. The molecule has 122 valence electrons. The van der Waals surface area contributed by atoms with E-state index in [1.165, 1.54) is 11.9 Å². The van der Waals surface area contributed by atoms with E-state index in [-0.39, 0.29) is 24.1 Å². The first-order chi connectivity index (χ1) is 10.8. The molecule has 2 rings (SSSR count). The van der Waals surface area contributed by atoms with Crippen LogP contribution >= 0.6 is 0 Å². The van der Waals surface area contributed by atoms with Crippen molar-refractivity contribution >= 4 is 11.8 Å². The molecule has 7 heteroatoms. The summed E-state index contributed by atoms with van der Waals surface area (Å²) >= 11 is 0. The third-order valence-corrected chi connectivity index (χ3v) is 3.47. The molecule has 0 aliphatic rings. The number of hydrogen-bond donors (Lipinski definition) is 1. The van der Waals surface area contributed by atoms with E-state index >= 15 is 0 Å². The van der Waals surface area contributed by atoms with E-state index in [4.69, 9.17) is 5.73 Å². The number of carbonyl (C=O) groups is 2. The first-order valence-electron chi connectivity index (χ1n) is 7.37. The van der Waals surface area contributed by atoms with E-state index in [1.807, 2.05) is 45.0 Å². The summed E-state index contributed by atoms with van der Waals surface area (Å²) in [7, 11) is 1.52. The molecule has 0 unspecified atom stereocenters. The first kappa shape index (κ1) is 16.7. The third-order valence-electron chi connectivity index (χ3n) is 3.47. The largest absolute Gasteiger partial charge is 0.368 e. The van der Waals surface area contributed by atoms with E-state index in [9.17, 15) is 9.59 Å². The summed E-state index contributed by atoms with van der Waals surface area (Å²) in [6.07, 6.45) is 0. The Balaban J connectivity index is 2.44. The van der Waals surface area contributed by atoms with E-state index in [1.54, 1.807) is 4.68 Å². The van der Waals surface area contributed by atoms with Crippen LogP contribution in [0.25, 0.3) is 5.69 Å². The number of nitrogens with two attached hydrogens (primary N) is 1. The molecule has 0 aliphatic heterocycles. The lowest BCUT2D eigenvalue weighted by Crippen LogP contribution is -2.36. The number of rotatable bonds is 5. The van der Waals surface area contributed by atoms with Gasteiger partial charge in [0.15, 0.2) is 5.69 Å². The van der Waals surface area contributed by atoms with Crippen molar-refractivity contribution in [3.05, 3.63) is 41.2 Å². The minimum Gasteiger partial charge on any atom is -0.368 e. The number of benzene rings is 1. The van der Waals surface area contributed by atoms with Crippen molar-refractivity contribution in [1.29, 1.82) is 0 Å². The molecule has 0 saturated carbocycles. The van der Waals surface area contributed by atoms with E-state index in [0.29, 0.717) is 5.69 Å². The van der Waals surface area contributed by atoms with Crippen molar-refractivity contribution < 1.29 is 9.59 Å². The van der Waals surface area contributed by atoms with Gasteiger partial charge in [-0.3, -0.25) is 9.59 Å². The first-order valence-corrected chi connectivity index (χ1v) is 7.37. The lowest BCUT2D eigenvalue weighted by Gasteiger charge is -2.16. The summed E-state index contributed by atoms with van der Waals surface area (Å²) in [5.41, 5.74) is 8.06. The zero-order chi connectivity index (χ0) is 17.1. The monoisotopic (exact) mass is 315 g/mol. The Morgan fingerprint density at radius 1 is 1.26 bits per heavy atom. The molecule has 0 radical (unpaired) electrons. The van der Waals surface area contributed by atoms with Crippen molar-refractivity contribution in [2.45, 2.75) is 26.7 Å². The Hall–Kier alpha value is -2.70. The van der Waals surface area contributed by atoms with Crippen molar-refractivity contribution in [3.8, 4) is 5.69 Å². The van der Waals surface area contributed by atoms with Gasteiger partial charge >= 0.3 is 0 Å². The van der Waals surface area contributed by atoms with Crippen LogP contribution in [0.15, 0.2) is 24.3 Å². The molecule has 0 saturated heterocycles. The fourth-order valence-electron chi connectivity index (χ4n) is 2.32. The van der Waals surface area contributed by atoms with Gasteiger partial charge in [0.25, 0.3) is 5.91 Å². The second-order valence-corrected chi connectivity index (χ2v) is 5.85. The fraction of sp³-hybridized carbons (Fsp3) is 0.375. The van der Waals surface area contributed by atoms with E-state index < -0.39 is 5.91 Å². The Bertz CT molecular complexity index is 719. The summed E-state index contributed by atoms with van der Waals surface area (Å²) in [5, 5.41) is 8.16. The van der Waals surface area contributed by atoms with Gasteiger partial charge in [0, 0.05) is 7.05 Å². The highest BCUT2D eigenvalue weighted by Crippen LogP contribution is 2.22. The molecular formula is C16H21N5O2. The smallest absolute Gasteiger partial charge is 0.276 e. The molecule has 2 N–H and O–H groups in total. The normalized spacial score (nSPS) is 10.8. The van der Waals surface area contributed by atoms with Gasteiger partial charge in [0.05, 0.1) is 17.9 Å². The molecule has 2 aromatic rings. The topological polar surface area (TPSA) is 94.1 Å². The second-order valence-electron chi connectivity index (χ2n) is 5.85. The van der Waals surface area contributed by atoms with Crippen LogP contribution in [0.4, 0.5) is 0 Å². The highest BCUT2D eigenvalue weighted by atomic mass is 16.2. The second kappa shape index (κ2) is 6.60. The van der Waals surface area contributed by atoms with Gasteiger partial charge in [-0.05, 0) is 25.0 Å². The fourth-order valence-corrected chi connectivity index (χ4v) is 2.32. The lowest BCUT2D eigenvalue weighted by atomic mass is 10.1. The number of nitrogens with zero attached hydrogens (tertiary/aromatic N) is 4. The van der Waals surface area contributed by atoms with E-state index in [2.05, 4.69) is 10.3 Å². The number of carbonyl (C=O) groups excluding carboxylic acids is 2. The Morgan fingerprint density at radius 3 is 2.39 bits per heavy atom. The van der Waals surface area contributed by atoms with Crippen LogP contribution < -0.4 is 5.73 Å². The van der Waals surface area contributed by atoms with Crippen LogP contribution in [-0.4, -0.2) is 45.3 Å². The molecule has 1 aromatic carbocycles. The summed E-state index contributed by atoms with van der Waals surface area (Å²) < 4.78 is 1.66. The highest BCUT2D eigenvalue weighted by Gasteiger charge is 2.25. The Kier molecular flexibility index (Phi) is 4.78. The molecule has 0 fully saturated rings. The van der Waals surface area contributed by atoms with Crippen molar-refractivity contribution in [1.82, 2.24) is 19.9 Å². The van der Waals surface area contributed by atoms with Crippen LogP contribution in [0.2, 0.25) is 0 Å². The molecule has 0 bridgehead atoms. The third kappa shape index (κ3) is 3.56. The van der Waals surface area contributed by atoms with Gasteiger partial charge in [-0.15, -0.1) is 5.10 Å². The zero-order valence-corrected chi connectivity index (χ0v) is 13.8. The minimum absolute atomic E-state index is 0.0345. The molecule has 0 atom stereocenters. The van der Waals surface area contributed by atoms with E-state index in [0.717, 1.165) is 11.3 Å². The minimum atomic E-state index is -0.571. The quantitative estimate of drug-likeness (QED) is 0.898. The lowest BCUT2D eigenvalue weighted by molar-refractivity contribution is -0.118. The molecular weight excluding hydrogens is 294 g/mol. The highest BCUT2D eigenvalue weighted by molar-refractivity contribution is 5.95. The van der Waals surface area contributed by atoms with Gasteiger partial charge in [-0.1, -0.05) is 36.8 Å². The molecule has 1 aromatic heterocycles.